The Balaban J connectivity index is 1.64. The fourth-order valence-corrected chi connectivity index (χ4v) is 12.6. The van der Waals surface area contributed by atoms with E-state index in [1.807, 2.05) is 6.08 Å². The molecular weight excluding hydrogens is 1110 g/mol. The average molecular weight is 1250 g/mol. The van der Waals surface area contributed by atoms with Crippen LogP contribution < -0.4 is 5.32 Å². The fourth-order valence-electron chi connectivity index (χ4n) is 12.6. The number of ether oxygens (including phenoxy) is 4. The summed E-state index contributed by atoms with van der Waals surface area (Å²) in [4.78, 5) is 13.4. The number of rotatable bonds is 63. The van der Waals surface area contributed by atoms with E-state index in [1.54, 1.807) is 6.08 Å². The summed E-state index contributed by atoms with van der Waals surface area (Å²) in [5.41, 5.74) is 0. The zero-order valence-corrected chi connectivity index (χ0v) is 56.7. The van der Waals surface area contributed by atoms with Crippen LogP contribution in [0.1, 0.15) is 348 Å². The molecule has 12 unspecified atom stereocenters. The molecule has 520 valence electrons. The van der Waals surface area contributed by atoms with Crippen molar-refractivity contribution in [3.05, 3.63) is 24.3 Å². The smallest absolute Gasteiger partial charge is 0.220 e. The molecule has 14 nitrogen and oxygen atoms in total. The Morgan fingerprint density at radius 3 is 1.08 bits per heavy atom. The summed E-state index contributed by atoms with van der Waals surface area (Å²) in [5.74, 6) is -0.231. The molecule has 1 amide bonds. The van der Waals surface area contributed by atoms with E-state index >= 15 is 0 Å². The van der Waals surface area contributed by atoms with Crippen LogP contribution in [0.5, 0.6) is 0 Å². The van der Waals surface area contributed by atoms with E-state index in [-0.39, 0.29) is 18.9 Å². The highest BCUT2D eigenvalue weighted by Crippen LogP contribution is 2.30. The molecule has 2 heterocycles. The van der Waals surface area contributed by atoms with Crippen molar-refractivity contribution in [2.45, 2.75) is 421 Å². The van der Waals surface area contributed by atoms with E-state index in [0.29, 0.717) is 6.42 Å². The molecule has 0 aromatic rings. The molecule has 0 saturated carbocycles. The molecule has 0 spiro atoms. The first-order chi connectivity index (χ1) is 43.1. The van der Waals surface area contributed by atoms with E-state index in [9.17, 15) is 45.6 Å². The lowest BCUT2D eigenvalue weighted by Crippen LogP contribution is -2.65. The molecule has 9 N–H and O–H groups in total. The van der Waals surface area contributed by atoms with Gasteiger partial charge in [0.15, 0.2) is 12.6 Å². The highest BCUT2D eigenvalue weighted by molar-refractivity contribution is 5.76. The van der Waals surface area contributed by atoms with Gasteiger partial charge in [-0.05, 0) is 44.9 Å². The second-order valence-corrected chi connectivity index (χ2v) is 26.8. The molecule has 0 aliphatic carbocycles. The number of hydrogen-bond donors (Lipinski definition) is 9. The normalized spacial score (nSPS) is 23.2. The number of aliphatic hydroxyl groups is 8. The van der Waals surface area contributed by atoms with Gasteiger partial charge in [-0.1, -0.05) is 321 Å². The van der Waals surface area contributed by atoms with Crippen LogP contribution in [0, 0.1) is 0 Å². The van der Waals surface area contributed by atoms with Crippen LogP contribution in [0.25, 0.3) is 0 Å². The maximum Gasteiger partial charge on any atom is 0.220 e. The molecule has 0 radical (unpaired) electrons. The molecular formula is C74H141NO13. The highest BCUT2D eigenvalue weighted by Gasteiger charge is 2.51. The van der Waals surface area contributed by atoms with Gasteiger partial charge in [0.1, 0.15) is 48.8 Å². The minimum Gasteiger partial charge on any atom is -0.394 e. The van der Waals surface area contributed by atoms with Crippen LogP contribution in [-0.4, -0.2) is 140 Å². The number of hydrogen-bond acceptors (Lipinski definition) is 13. The Bertz CT molecular complexity index is 1570. The minimum atomic E-state index is -1.79. The molecule has 88 heavy (non-hydrogen) atoms. The largest absolute Gasteiger partial charge is 0.394 e. The summed E-state index contributed by atoms with van der Waals surface area (Å²) in [7, 11) is 0. The number of carbonyl (C=O) groups excluding carboxylic acids is 1. The number of allylic oxidation sites excluding steroid dienone is 3. The van der Waals surface area contributed by atoms with E-state index in [2.05, 4.69) is 31.3 Å². The molecule has 0 aromatic heterocycles. The van der Waals surface area contributed by atoms with Crippen molar-refractivity contribution in [3.63, 3.8) is 0 Å². The van der Waals surface area contributed by atoms with Crippen molar-refractivity contribution in [1.29, 1.82) is 0 Å². The third-order valence-electron chi connectivity index (χ3n) is 18.6. The van der Waals surface area contributed by atoms with Crippen LogP contribution in [0.15, 0.2) is 24.3 Å². The topological polar surface area (TPSA) is 228 Å². The average Bonchev–Trinajstić information content (AvgIpc) is 3.10. The fraction of sp³-hybridized carbons (Fsp3) is 0.932. The van der Waals surface area contributed by atoms with Gasteiger partial charge in [-0.15, -0.1) is 0 Å². The van der Waals surface area contributed by atoms with E-state index < -0.39 is 86.8 Å². The Morgan fingerprint density at radius 1 is 0.398 bits per heavy atom. The molecule has 14 heteroatoms. The monoisotopic (exact) mass is 1250 g/mol. The van der Waals surface area contributed by atoms with Gasteiger partial charge in [0, 0.05) is 6.42 Å². The van der Waals surface area contributed by atoms with E-state index in [4.69, 9.17) is 18.9 Å². The lowest BCUT2D eigenvalue weighted by molar-refractivity contribution is -0.359. The zero-order valence-electron chi connectivity index (χ0n) is 56.7. The summed E-state index contributed by atoms with van der Waals surface area (Å²) in [6.07, 6.45) is 58.2. The van der Waals surface area contributed by atoms with Gasteiger partial charge in [-0.3, -0.25) is 4.79 Å². The van der Waals surface area contributed by atoms with Gasteiger partial charge in [0.25, 0.3) is 0 Å². The van der Waals surface area contributed by atoms with Gasteiger partial charge in [-0.2, -0.15) is 0 Å². The SMILES string of the molecule is CCCCCCCCCC/C=C\CCCCCCCCCCCCCCCCCCCCCC(=O)NC(COC1OC(CO)C(OC2OC(CO)C(O)C(O)C2O)C(O)C1O)C(O)/C=C/CCCCCCCCCCCCCCCCCCCCCCC. The number of carbonyl (C=O) groups is 1. The minimum absolute atomic E-state index is 0.231. The quantitative estimate of drug-likeness (QED) is 0.0204. The molecule has 12 atom stereocenters. The maximum absolute atomic E-state index is 13.4. The van der Waals surface area contributed by atoms with Crippen LogP contribution >= 0.6 is 0 Å². The number of unbranched alkanes of at least 4 members (excludes halogenated alkanes) is 48. The van der Waals surface area contributed by atoms with Gasteiger partial charge in [-0.25, -0.2) is 0 Å². The van der Waals surface area contributed by atoms with Crippen molar-refractivity contribution < 1.29 is 64.6 Å². The van der Waals surface area contributed by atoms with Crippen molar-refractivity contribution in [1.82, 2.24) is 5.32 Å². The lowest BCUT2D eigenvalue weighted by atomic mass is 9.97. The summed E-state index contributed by atoms with van der Waals surface area (Å²) in [6.45, 7) is 2.86. The van der Waals surface area contributed by atoms with Crippen LogP contribution in [0.3, 0.4) is 0 Å². The first kappa shape index (κ1) is 82.6. The predicted octanol–water partition coefficient (Wildman–Crippen LogP) is 15.9. The van der Waals surface area contributed by atoms with Crippen LogP contribution in [0.4, 0.5) is 0 Å². The predicted molar refractivity (Wildman–Crippen MR) is 360 cm³/mol. The second kappa shape index (κ2) is 59.2. The zero-order chi connectivity index (χ0) is 63.8. The van der Waals surface area contributed by atoms with Crippen molar-refractivity contribution in [2.24, 2.45) is 0 Å². The first-order valence-corrected chi connectivity index (χ1v) is 37.6. The van der Waals surface area contributed by atoms with Gasteiger partial charge < -0.3 is 65.1 Å². The van der Waals surface area contributed by atoms with Crippen molar-refractivity contribution in [2.75, 3.05) is 19.8 Å². The third kappa shape index (κ3) is 42.6. The summed E-state index contributed by atoms with van der Waals surface area (Å²) < 4.78 is 22.9. The Morgan fingerprint density at radius 2 is 0.716 bits per heavy atom. The maximum atomic E-state index is 13.4. The van der Waals surface area contributed by atoms with Gasteiger partial charge in [0.2, 0.25) is 5.91 Å². The van der Waals surface area contributed by atoms with E-state index in [1.165, 1.54) is 283 Å². The molecule has 2 rings (SSSR count). The Kier molecular flexibility index (Phi) is 55.6. The summed E-state index contributed by atoms with van der Waals surface area (Å²) >= 11 is 0. The lowest BCUT2D eigenvalue weighted by Gasteiger charge is -2.46. The number of aliphatic hydroxyl groups excluding tert-OH is 8. The highest BCUT2D eigenvalue weighted by atomic mass is 16.7. The van der Waals surface area contributed by atoms with Crippen molar-refractivity contribution in [3.8, 4) is 0 Å². The molecule has 2 saturated heterocycles. The Hall–Kier alpha value is -1.53. The van der Waals surface area contributed by atoms with Gasteiger partial charge in [0.05, 0.1) is 32.0 Å². The first-order valence-electron chi connectivity index (χ1n) is 37.6. The third-order valence-corrected chi connectivity index (χ3v) is 18.6. The van der Waals surface area contributed by atoms with Gasteiger partial charge >= 0.3 is 0 Å². The number of nitrogens with one attached hydrogen (secondary N) is 1. The summed E-state index contributed by atoms with van der Waals surface area (Å²) in [6, 6.07) is -0.913. The molecule has 2 aliphatic rings. The second-order valence-electron chi connectivity index (χ2n) is 26.8. The number of amides is 1. The Labute approximate surface area is 539 Å². The molecule has 2 fully saturated rings. The van der Waals surface area contributed by atoms with E-state index in [0.717, 1.165) is 38.5 Å². The summed E-state index contributed by atoms with van der Waals surface area (Å²) in [5, 5.41) is 87.5. The van der Waals surface area contributed by atoms with Crippen LogP contribution in [-0.2, 0) is 23.7 Å². The standard InChI is InChI=1S/C74H141NO13/c1-3-5-7-9-11-13-15-17-19-21-23-25-27-28-29-30-31-32-33-34-36-38-40-42-44-46-48-50-52-54-56-58-66(79)75-62(61-85-73-71(84)69(82)72(65(60-77)87-73)88-74-70(83)68(81)67(80)64(59-76)86-74)63(78)57-55-53-51-49-47-45-43-41-39-37-35-26-24-22-20-18-16-14-12-10-8-6-4-2/h21,23,55,57,62-65,67-74,76-78,80-84H,3-20,22,24-54,56,58-61H2,1-2H3,(H,75,79)/b23-21-,57-55+. The molecule has 2 aliphatic heterocycles. The molecule has 0 bridgehead atoms. The van der Waals surface area contributed by atoms with Crippen LogP contribution in [0.2, 0.25) is 0 Å². The van der Waals surface area contributed by atoms with Crippen molar-refractivity contribution >= 4 is 5.91 Å². The molecule has 0 aromatic carbocycles.